The third kappa shape index (κ3) is 4.96. The number of carbonyl (C=O) groups is 3. The molecule has 0 bridgehead atoms. The second kappa shape index (κ2) is 8.88. The molecule has 2 aromatic carbocycles. The van der Waals surface area contributed by atoms with E-state index in [2.05, 4.69) is 5.32 Å². The molecule has 0 aliphatic carbocycles. The monoisotopic (exact) mass is 343 g/mol. The average molecular weight is 343 g/mol. The summed E-state index contributed by atoms with van der Waals surface area (Å²) in [5, 5.41) is 2.44. The van der Waals surface area contributed by atoms with Gasteiger partial charge in [-0.1, -0.05) is 60.3 Å². The molecule has 0 radical (unpaired) electrons. The minimum Gasteiger partial charge on any atom is -0.467 e. The number of hydrogen-bond acceptors (Lipinski definition) is 5. The number of benzene rings is 2. The maximum absolute atomic E-state index is 12.2. The highest BCUT2D eigenvalue weighted by Crippen LogP contribution is 2.14. The van der Waals surface area contributed by atoms with Crippen LogP contribution >= 0.6 is 11.8 Å². The predicted molar refractivity (Wildman–Crippen MR) is 92.9 cm³/mol. The highest BCUT2D eigenvalue weighted by molar-refractivity contribution is 8.14. The molecular formula is C18H17NO4S. The van der Waals surface area contributed by atoms with Crippen molar-refractivity contribution in [2.24, 2.45) is 0 Å². The summed E-state index contributed by atoms with van der Waals surface area (Å²) < 4.78 is 4.71. The topological polar surface area (TPSA) is 72.5 Å². The van der Waals surface area contributed by atoms with E-state index in [1.165, 1.54) is 7.11 Å². The van der Waals surface area contributed by atoms with Crippen LogP contribution in [0.5, 0.6) is 0 Å². The Balaban J connectivity index is 2.00. The minimum atomic E-state index is -0.902. The number of carbonyl (C=O) groups excluding carboxylic acids is 3. The molecule has 0 heterocycles. The van der Waals surface area contributed by atoms with Gasteiger partial charge in [0.2, 0.25) is 5.12 Å². The van der Waals surface area contributed by atoms with Crippen molar-refractivity contribution >= 4 is 28.8 Å². The average Bonchev–Trinajstić information content (AvgIpc) is 2.65. The molecule has 0 saturated carbocycles. The first-order valence-electron chi connectivity index (χ1n) is 7.27. The van der Waals surface area contributed by atoms with E-state index in [9.17, 15) is 14.4 Å². The molecule has 5 nitrogen and oxygen atoms in total. The Morgan fingerprint density at radius 1 is 0.958 bits per heavy atom. The van der Waals surface area contributed by atoms with E-state index in [-0.39, 0.29) is 10.9 Å². The Morgan fingerprint density at radius 2 is 1.50 bits per heavy atom. The Morgan fingerprint density at radius 3 is 2.04 bits per heavy atom. The molecule has 2 rings (SSSR count). The molecule has 2 aromatic rings. The zero-order valence-corrected chi connectivity index (χ0v) is 13.9. The van der Waals surface area contributed by atoms with Gasteiger partial charge in [0, 0.05) is 16.9 Å². The zero-order chi connectivity index (χ0) is 17.4. The van der Waals surface area contributed by atoms with E-state index in [1.54, 1.807) is 54.6 Å². The van der Waals surface area contributed by atoms with E-state index in [1.807, 2.05) is 6.07 Å². The normalized spacial score (nSPS) is 11.4. The molecule has 1 unspecified atom stereocenters. The standard InChI is InChI=1S/C18H17NO4S/c1-23-17(21)15(19-16(20)13-8-4-2-5-9-13)12-24-18(22)14-10-6-3-7-11-14/h2-11,15H,12H2,1H3,(H,19,20). The predicted octanol–water partition coefficient (Wildman–Crippen LogP) is 2.53. The highest BCUT2D eigenvalue weighted by atomic mass is 32.2. The molecule has 1 atom stereocenters. The van der Waals surface area contributed by atoms with Gasteiger partial charge in [0.15, 0.2) is 0 Å². The lowest BCUT2D eigenvalue weighted by molar-refractivity contribution is -0.142. The molecule has 0 aliphatic heterocycles. The van der Waals surface area contributed by atoms with Gasteiger partial charge >= 0.3 is 5.97 Å². The Hall–Kier alpha value is -2.60. The summed E-state index contributed by atoms with van der Waals surface area (Å²) in [6, 6.07) is 16.4. The van der Waals surface area contributed by atoms with Crippen LogP contribution in [-0.2, 0) is 9.53 Å². The largest absolute Gasteiger partial charge is 0.467 e. The summed E-state index contributed by atoms with van der Waals surface area (Å²) in [7, 11) is 1.24. The van der Waals surface area contributed by atoms with Crippen molar-refractivity contribution in [2.75, 3.05) is 12.9 Å². The first kappa shape index (κ1) is 17.7. The van der Waals surface area contributed by atoms with Crippen molar-refractivity contribution in [1.82, 2.24) is 5.32 Å². The van der Waals surface area contributed by atoms with Crippen LogP contribution in [0, 0.1) is 0 Å². The fourth-order valence-corrected chi connectivity index (χ4v) is 2.80. The van der Waals surface area contributed by atoms with Crippen molar-refractivity contribution in [3.63, 3.8) is 0 Å². The molecule has 0 aromatic heterocycles. The highest BCUT2D eigenvalue weighted by Gasteiger charge is 2.23. The summed E-state index contributed by atoms with van der Waals surface area (Å²) in [4.78, 5) is 36.2. The van der Waals surface area contributed by atoms with Crippen LogP contribution in [0.15, 0.2) is 60.7 Å². The second-order valence-electron chi connectivity index (χ2n) is 4.88. The fourth-order valence-electron chi connectivity index (χ4n) is 1.96. The van der Waals surface area contributed by atoms with Crippen LogP contribution < -0.4 is 5.32 Å². The van der Waals surface area contributed by atoms with Crippen molar-refractivity contribution in [3.8, 4) is 0 Å². The Bertz CT molecular complexity index is 703. The molecular weight excluding hydrogens is 326 g/mol. The number of ether oxygens (including phenoxy) is 1. The van der Waals surface area contributed by atoms with Crippen LogP contribution in [0.4, 0.5) is 0 Å². The summed E-state index contributed by atoms with van der Waals surface area (Å²) in [5.74, 6) is -0.884. The maximum atomic E-state index is 12.2. The van der Waals surface area contributed by atoms with Crippen LogP contribution in [-0.4, -0.2) is 35.9 Å². The van der Waals surface area contributed by atoms with E-state index in [4.69, 9.17) is 4.74 Å². The van der Waals surface area contributed by atoms with Gasteiger partial charge in [-0.3, -0.25) is 9.59 Å². The smallest absolute Gasteiger partial charge is 0.329 e. The summed E-state index contributed by atoms with van der Waals surface area (Å²) in [6.45, 7) is 0. The van der Waals surface area contributed by atoms with E-state index >= 15 is 0 Å². The molecule has 0 fully saturated rings. The van der Waals surface area contributed by atoms with Crippen LogP contribution in [0.1, 0.15) is 20.7 Å². The van der Waals surface area contributed by atoms with E-state index in [0.717, 1.165) is 11.8 Å². The van der Waals surface area contributed by atoms with Crippen molar-refractivity contribution in [1.29, 1.82) is 0 Å². The number of amides is 1. The van der Waals surface area contributed by atoms with Gasteiger partial charge in [0.05, 0.1) is 7.11 Å². The summed E-state index contributed by atoms with van der Waals surface area (Å²) in [6.07, 6.45) is 0. The Labute approximate surface area is 144 Å². The van der Waals surface area contributed by atoms with Crippen LogP contribution in [0.2, 0.25) is 0 Å². The minimum absolute atomic E-state index is 0.0962. The molecule has 124 valence electrons. The van der Waals surface area contributed by atoms with Gasteiger partial charge in [0.1, 0.15) is 6.04 Å². The zero-order valence-electron chi connectivity index (χ0n) is 13.1. The molecule has 0 aliphatic rings. The molecule has 1 N–H and O–H groups in total. The number of thioether (sulfide) groups is 1. The third-order valence-corrected chi connectivity index (χ3v) is 4.22. The number of hydrogen-bond donors (Lipinski definition) is 1. The fraction of sp³-hybridized carbons (Fsp3) is 0.167. The summed E-state index contributed by atoms with van der Waals surface area (Å²) in [5.41, 5.74) is 0.978. The van der Waals surface area contributed by atoms with E-state index < -0.39 is 17.9 Å². The number of esters is 1. The van der Waals surface area contributed by atoms with Crippen molar-refractivity contribution in [2.45, 2.75) is 6.04 Å². The van der Waals surface area contributed by atoms with Gasteiger partial charge in [0.25, 0.3) is 5.91 Å². The lowest BCUT2D eigenvalue weighted by Gasteiger charge is -2.15. The molecule has 24 heavy (non-hydrogen) atoms. The molecule has 6 heteroatoms. The van der Waals surface area contributed by atoms with Gasteiger partial charge in [-0.05, 0) is 12.1 Å². The molecule has 0 saturated heterocycles. The van der Waals surface area contributed by atoms with Crippen molar-refractivity contribution in [3.05, 3.63) is 71.8 Å². The van der Waals surface area contributed by atoms with Crippen LogP contribution in [0.3, 0.4) is 0 Å². The third-order valence-electron chi connectivity index (χ3n) is 3.22. The van der Waals surface area contributed by atoms with Gasteiger partial charge in [-0.2, -0.15) is 0 Å². The number of rotatable bonds is 6. The second-order valence-corrected chi connectivity index (χ2v) is 5.87. The first-order chi connectivity index (χ1) is 11.6. The lowest BCUT2D eigenvalue weighted by Crippen LogP contribution is -2.43. The van der Waals surface area contributed by atoms with Gasteiger partial charge in [-0.25, -0.2) is 4.79 Å². The molecule has 0 spiro atoms. The number of methoxy groups -OCH3 is 1. The van der Waals surface area contributed by atoms with Crippen LogP contribution in [0.25, 0.3) is 0 Å². The summed E-state index contributed by atoms with van der Waals surface area (Å²) >= 11 is 0.964. The van der Waals surface area contributed by atoms with Crippen molar-refractivity contribution < 1.29 is 19.1 Å². The van der Waals surface area contributed by atoms with Gasteiger partial charge in [-0.15, -0.1) is 0 Å². The first-order valence-corrected chi connectivity index (χ1v) is 8.26. The Kier molecular flexibility index (Phi) is 6.57. The lowest BCUT2D eigenvalue weighted by atomic mass is 10.2. The quantitative estimate of drug-likeness (QED) is 0.816. The van der Waals surface area contributed by atoms with Gasteiger partial charge < -0.3 is 10.1 Å². The van der Waals surface area contributed by atoms with E-state index in [0.29, 0.717) is 11.1 Å². The number of nitrogens with one attached hydrogen (secondary N) is 1. The SMILES string of the molecule is COC(=O)C(CSC(=O)c1ccccc1)NC(=O)c1ccccc1. The maximum Gasteiger partial charge on any atom is 0.329 e. The molecule has 1 amide bonds.